The van der Waals surface area contributed by atoms with Gasteiger partial charge in [0.25, 0.3) is 0 Å². The monoisotopic (exact) mass is 287 g/mol. The molecule has 0 bridgehead atoms. The van der Waals surface area contributed by atoms with E-state index >= 15 is 0 Å². The van der Waals surface area contributed by atoms with Gasteiger partial charge in [-0.25, -0.2) is 4.39 Å². The van der Waals surface area contributed by atoms with Crippen LogP contribution in [-0.4, -0.2) is 13.2 Å². The molecule has 0 radical (unpaired) electrons. The van der Waals surface area contributed by atoms with Gasteiger partial charge in [-0.1, -0.05) is 12.1 Å². The van der Waals surface area contributed by atoms with Crippen LogP contribution in [0, 0.1) is 12.7 Å². The molecule has 0 aliphatic carbocycles. The molecule has 1 aliphatic heterocycles. The Morgan fingerprint density at radius 2 is 1.81 bits per heavy atom. The standard InChI is InChI=1S/C17H18FNO2/c1-12-2-4-15(18)9-14(12)11-19-10-13-3-5-16-17(8-13)21-7-6-20-16/h2-5,8-9,19H,6-7,10-11H2,1H3. The van der Waals surface area contributed by atoms with E-state index in [2.05, 4.69) is 5.32 Å². The Bertz CT molecular complexity index is 643. The number of fused-ring (bicyclic) bond motifs is 1. The highest BCUT2D eigenvalue weighted by atomic mass is 19.1. The molecule has 1 heterocycles. The Morgan fingerprint density at radius 3 is 2.67 bits per heavy atom. The van der Waals surface area contributed by atoms with Crippen molar-refractivity contribution in [1.29, 1.82) is 0 Å². The number of nitrogens with one attached hydrogen (secondary N) is 1. The van der Waals surface area contributed by atoms with E-state index in [1.54, 1.807) is 12.1 Å². The van der Waals surface area contributed by atoms with Gasteiger partial charge in [-0.05, 0) is 47.9 Å². The fraction of sp³-hybridized carbons (Fsp3) is 0.294. The first-order valence-electron chi connectivity index (χ1n) is 7.06. The van der Waals surface area contributed by atoms with Crippen LogP contribution < -0.4 is 14.8 Å². The molecule has 0 unspecified atom stereocenters. The van der Waals surface area contributed by atoms with Crippen LogP contribution >= 0.6 is 0 Å². The van der Waals surface area contributed by atoms with E-state index in [1.807, 2.05) is 25.1 Å². The van der Waals surface area contributed by atoms with Gasteiger partial charge >= 0.3 is 0 Å². The van der Waals surface area contributed by atoms with Crippen LogP contribution in [0.2, 0.25) is 0 Å². The molecule has 110 valence electrons. The van der Waals surface area contributed by atoms with Crippen molar-refractivity contribution in [2.24, 2.45) is 0 Å². The largest absolute Gasteiger partial charge is 0.486 e. The minimum atomic E-state index is -0.197. The number of rotatable bonds is 4. The third-order valence-corrected chi connectivity index (χ3v) is 3.56. The highest BCUT2D eigenvalue weighted by molar-refractivity contribution is 5.43. The van der Waals surface area contributed by atoms with Gasteiger partial charge in [0.05, 0.1) is 0 Å². The first-order chi connectivity index (χ1) is 10.2. The molecule has 21 heavy (non-hydrogen) atoms. The molecule has 0 saturated carbocycles. The molecule has 3 nitrogen and oxygen atoms in total. The van der Waals surface area contributed by atoms with Crippen molar-refractivity contribution in [3.63, 3.8) is 0 Å². The van der Waals surface area contributed by atoms with Crippen LogP contribution in [0.1, 0.15) is 16.7 Å². The number of hydrogen-bond donors (Lipinski definition) is 1. The molecular formula is C17H18FNO2. The van der Waals surface area contributed by atoms with E-state index in [0.29, 0.717) is 26.3 Å². The number of hydrogen-bond acceptors (Lipinski definition) is 3. The molecule has 0 saturated heterocycles. The molecule has 0 spiro atoms. The fourth-order valence-electron chi connectivity index (χ4n) is 2.37. The highest BCUT2D eigenvalue weighted by Crippen LogP contribution is 2.30. The molecule has 0 amide bonds. The zero-order valence-electron chi connectivity index (χ0n) is 12.0. The van der Waals surface area contributed by atoms with Crippen molar-refractivity contribution < 1.29 is 13.9 Å². The van der Waals surface area contributed by atoms with Gasteiger partial charge in [-0.3, -0.25) is 0 Å². The molecule has 2 aromatic rings. The van der Waals surface area contributed by atoms with Crippen molar-refractivity contribution in [2.45, 2.75) is 20.0 Å². The molecule has 2 aromatic carbocycles. The molecule has 0 atom stereocenters. The summed E-state index contributed by atoms with van der Waals surface area (Å²) in [5.74, 6) is 1.39. The molecule has 1 N–H and O–H groups in total. The second-order valence-corrected chi connectivity index (χ2v) is 5.15. The summed E-state index contributed by atoms with van der Waals surface area (Å²) < 4.78 is 24.3. The smallest absolute Gasteiger partial charge is 0.161 e. The van der Waals surface area contributed by atoms with Crippen LogP contribution in [0.4, 0.5) is 4.39 Å². The predicted octanol–water partition coefficient (Wildman–Crippen LogP) is 3.20. The maximum absolute atomic E-state index is 13.2. The quantitative estimate of drug-likeness (QED) is 0.936. The second-order valence-electron chi connectivity index (χ2n) is 5.15. The van der Waals surface area contributed by atoms with E-state index in [4.69, 9.17) is 9.47 Å². The van der Waals surface area contributed by atoms with E-state index < -0.39 is 0 Å². The lowest BCUT2D eigenvalue weighted by atomic mass is 10.1. The van der Waals surface area contributed by atoms with Gasteiger partial charge in [-0.15, -0.1) is 0 Å². The van der Waals surface area contributed by atoms with Gasteiger partial charge < -0.3 is 14.8 Å². The van der Waals surface area contributed by atoms with E-state index in [-0.39, 0.29) is 5.82 Å². The summed E-state index contributed by atoms with van der Waals surface area (Å²) >= 11 is 0. The Morgan fingerprint density at radius 1 is 1.00 bits per heavy atom. The zero-order valence-corrected chi connectivity index (χ0v) is 12.0. The minimum Gasteiger partial charge on any atom is -0.486 e. The van der Waals surface area contributed by atoms with Gasteiger partial charge in [-0.2, -0.15) is 0 Å². The molecule has 0 aromatic heterocycles. The lowest BCUT2D eigenvalue weighted by Gasteiger charge is -2.19. The minimum absolute atomic E-state index is 0.197. The van der Waals surface area contributed by atoms with Crippen LogP contribution in [0.25, 0.3) is 0 Å². The second kappa shape index (κ2) is 6.14. The summed E-state index contributed by atoms with van der Waals surface area (Å²) in [6.07, 6.45) is 0. The molecule has 1 aliphatic rings. The Labute approximate surface area is 123 Å². The highest BCUT2D eigenvalue weighted by Gasteiger charge is 2.11. The van der Waals surface area contributed by atoms with Crippen molar-refractivity contribution in [3.8, 4) is 11.5 Å². The van der Waals surface area contributed by atoms with Gasteiger partial charge in [0, 0.05) is 13.1 Å². The summed E-state index contributed by atoms with van der Waals surface area (Å²) in [7, 11) is 0. The number of halogens is 1. The van der Waals surface area contributed by atoms with E-state index in [0.717, 1.165) is 28.2 Å². The predicted molar refractivity (Wildman–Crippen MR) is 79.1 cm³/mol. The summed E-state index contributed by atoms with van der Waals surface area (Å²) in [6.45, 7) is 4.51. The van der Waals surface area contributed by atoms with Gasteiger partial charge in [0.15, 0.2) is 11.5 Å². The van der Waals surface area contributed by atoms with E-state index in [9.17, 15) is 4.39 Å². The summed E-state index contributed by atoms with van der Waals surface area (Å²) in [6, 6.07) is 10.8. The van der Waals surface area contributed by atoms with Crippen molar-refractivity contribution in [3.05, 3.63) is 58.9 Å². The topological polar surface area (TPSA) is 30.5 Å². The third-order valence-electron chi connectivity index (χ3n) is 3.56. The lowest BCUT2D eigenvalue weighted by Crippen LogP contribution is -2.17. The van der Waals surface area contributed by atoms with E-state index in [1.165, 1.54) is 6.07 Å². The average Bonchev–Trinajstić information content (AvgIpc) is 2.50. The van der Waals surface area contributed by atoms with Gasteiger partial charge in [0.1, 0.15) is 19.0 Å². The number of aryl methyl sites for hydroxylation is 1. The van der Waals surface area contributed by atoms with Gasteiger partial charge in [0.2, 0.25) is 0 Å². The normalized spacial score (nSPS) is 13.2. The first kappa shape index (κ1) is 13.9. The SMILES string of the molecule is Cc1ccc(F)cc1CNCc1ccc2c(c1)OCCO2. The number of ether oxygens (including phenoxy) is 2. The average molecular weight is 287 g/mol. The summed E-state index contributed by atoms with van der Waals surface area (Å²) in [5.41, 5.74) is 3.19. The Hall–Kier alpha value is -2.07. The Balaban J connectivity index is 1.61. The molecule has 0 fully saturated rings. The maximum Gasteiger partial charge on any atom is 0.161 e. The number of benzene rings is 2. The maximum atomic E-state index is 13.2. The van der Waals surface area contributed by atoms with Crippen LogP contribution in [0.15, 0.2) is 36.4 Å². The molecule has 3 rings (SSSR count). The van der Waals surface area contributed by atoms with Crippen LogP contribution in [-0.2, 0) is 13.1 Å². The third kappa shape index (κ3) is 3.34. The van der Waals surface area contributed by atoms with Crippen molar-refractivity contribution in [2.75, 3.05) is 13.2 Å². The van der Waals surface area contributed by atoms with Crippen LogP contribution in [0.5, 0.6) is 11.5 Å². The van der Waals surface area contributed by atoms with Crippen molar-refractivity contribution in [1.82, 2.24) is 5.32 Å². The summed E-state index contributed by atoms with van der Waals surface area (Å²) in [5, 5.41) is 3.33. The fourth-order valence-corrected chi connectivity index (χ4v) is 2.37. The summed E-state index contributed by atoms with van der Waals surface area (Å²) in [4.78, 5) is 0. The molecule has 4 heteroatoms. The zero-order chi connectivity index (χ0) is 14.7. The Kier molecular flexibility index (Phi) is 4.06. The molecular weight excluding hydrogens is 269 g/mol. The van der Waals surface area contributed by atoms with Crippen LogP contribution in [0.3, 0.4) is 0 Å². The van der Waals surface area contributed by atoms with Crippen molar-refractivity contribution >= 4 is 0 Å². The lowest BCUT2D eigenvalue weighted by molar-refractivity contribution is 0.171. The first-order valence-corrected chi connectivity index (χ1v) is 7.06.